The molecule has 1 aliphatic rings. The normalized spacial score (nSPS) is 15.8. The van der Waals surface area contributed by atoms with E-state index in [1.165, 1.54) is 18.2 Å². The number of rotatable bonds is 4. The van der Waals surface area contributed by atoms with Crippen LogP contribution in [0.3, 0.4) is 0 Å². The SMILES string of the molecule is CCN1C(=O)NC(=O)C(=Cc2cc(C)n(-c3ccc(Cl)c(C(=O)O)c3)c2C)C1=O. The number of halogens is 1. The van der Waals surface area contributed by atoms with Crippen LogP contribution in [0.1, 0.15) is 34.2 Å². The van der Waals surface area contributed by atoms with Gasteiger partial charge in [-0.25, -0.2) is 9.59 Å². The number of amides is 4. The molecule has 1 aromatic heterocycles. The van der Waals surface area contributed by atoms with Crippen molar-refractivity contribution >= 4 is 41.5 Å². The molecule has 8 nitrogen and oxygen atoms in total. The molecule has 0 aliphatic carbocycles. The van der Waals surface area contributed by atoms with Crippen LogP contribution in [-0.2, 0) is 9.59 Å². The first-order valence-corrected chi connectivity index (χ1v) is 9.14. The van der Waals surface area contributed by atoms with Crippen molar-refractivity contribution in [3.63, 3.8) is 0 Å². The molecule has 3 rings (SSSR count). The zero-order valence-electron chi connectivity index (χ0n) is 15.9. The van der Waals surface area contributed by atoms with E-state index < -0.39 is 23.8 Å². The highest BCUT2D eigenvalue weighted by molar-refractivity contribution is 6.33. The number of nitrogens with one attached hydrogen (secondary N) is 1. The van der Waals surface area contributed by atoms with Crippen LogP contribution < -0.4 is 5.32 Å². The number of likely N-dealkylation sites (N-methyl/N-ethyl adjacent to an activating group) is 1. The lowest BCUT2D eigenvalue weighted by atomic mass is 10.1. The molecule has 150 valence electrons. The van der Waals surface area contributed by atoms with E-state index in [9.17, 15) is 24.3 Å². The van der Waals surface area contributed by atoms with Gasteiger partial charge in [-0.05, 0) is 56.7 Å². The number of hydrogen-bond acceptors (Lipinski definition) is 4. The van der Waals surface area contributed by atoms with Crippen LogP contribution in [0.5, 0.6) is 0 Å². The third-order valence-corrected chi connectivity index (χ3v) is 5.04. The molecule has 29 heavy (non-hydrogen) atoms. The molecule has 4 amide bonds. The molecule has 0 saturated carbocycles. The van der Waals surface area contributed by atoms with E-state index in [1.54, 1.807) is 30.5 Å². The van der Waals surface area contributed by atoms with Gasteiger partial charge in [-0.2, -0.15) is 0 Å². The Balaban J connectivity index is 2.09. The number of nitrogens with zero attached hydrogens (tertiary/aromatic N) is 2. The maximum atomic E-state index is 12.5. The number of aryl methyl sites for hydroxylation is 1. The number of carbonyl (C=O) groups excluding carboxylic acids is 3. The smallest absolute Gasteiger partial charge is 0.337 e. The summed E-state index contributed by atoms with van der Waals surface area (Å²) >= 11 is 5.95. The molecule has 0 bridgehead atoms. The molecule has 9 heteroatoms. The zero-order valence-corrected chi connectivity index (χ0v) is 16.7. The average Bonchev–Trinajstić information content (AvgIpc) is 2.92. The molecule has 1 aliphatic heterocycles. The summed E-state index contributed by atoms with van der Waals surface area (Å²) in [5.74, 6) is -2.56. The fourth-order valence-electron chi connectivity index (χ4n) is 3.28. The highest BCUT2D eigenvalue weighted by Gasteiger charge is 2.34. The van der Waals surface area contributed by atoms with Crippen molar-refractivity contribution in [2.75, 3.05) is 6.54 Å². The number of carboxylic acid groups (broad SMARTS) is 1. The fraction of sp³-hybridized carbons (Fsp3) is 0.200. The van der Waals surface area contributed by atoms with Crippen LogP contribution in [0.2, 0.25) is 5.02 Å². The minimum absolute atomic E-state index is 0.0319. The second-order valence-electron chi connectivity index (χ2n) is 6.50. The Hall–Kier alpha value is -3.39. The topological polar surface area (TPSA) is 109 Å². The fourth-order valence-corrected chi connectivity index (χ4v) is 3.48. The van der Waals surface area contributed by atoms with Gasteiger partial charge in [0.2, 0.25) is 0 Å². The summed E-state index contributed by atoms with van der Waals surface area (Å²) in [5, 5.41) is 11.6. The van der Waals surface area contributed by atoms with E-state index in [1.807, 2.05) is 6.92 Å². The van der Waals surface area contributed by atoms with Crippen LogP contribution in [0, 0.1) is 13.8 Å². The van der Waals surface area contributed by atoms with Crippen LogP contribution in [0.15, 0.2) is 29.8 Å². The Morgan fingerprint density at radius 2 is 1.90 bits per heavy atom. The molecule has 0 unspecified atom stereocenters. The number of urea groups is 1. The second kappa shape index (κ2) is 7.56. The molecule has 1 saturated heterocycles. The van der Waals surface area contributed by atoms with E-state index in [2.05, 4.69) is 5.32 Å². The van der Waals surface area contributed by atoms with E-state index in [0.29, 0.717) is 16.9 Å². The lowest BCUT2D eigenvalue weighted by Gasteiger charge is -2.24. The first-order chi connectivity index (χ1) is 13.6. The predicted octanol–water partition coefficient (Wildman–Crippen LogP) is 2.93. The van der Waals surface area contributed by atoms with E-state index in [4.69, 9.17) is 11.6 Å². The third kappa shape index (κ3) is 3.54. The maximum Gasteiger partial charge on any atom is 0.337 e. The zero-order chi connectivity index (χ0) is 21.5. The van der Waals surface area contributed by atoms with Gasteiger partial charge in [0, 0.05) is 23.6 Å². The van der Waals surface area contributed by atoms with Crippen LogP contribution in [0.25, 0.3) is 11.8 Å². The highest BCUT2D eigenvalue weighted by atomic mass is 35.5. The van der Waals surface area contributed by atoms with Gasteiger partial charge in [-0.15, -0.1) is 0 Å². The first kappa shape index (κ1) is 20.3. The Morgan fingerprint density at radius 1 is 1.21 bits per heavy atom. The van der Waals surface area contributed by atoms with Crippen molar-refractivity contribution < 1.29 is 24.3 Å². The summed E-state index contributed by atoms with van der Waals surface area (Å²) in [4.78, 5) is 48.8. The number of imide groups is 2. The number of aromatic nitrogens is 1. The Kier molecular flexibility index (Phi) is 5.30. The van der Waals surface area contributed by atoms with E-state index in [0.717, 1.165) is 10.6 Å². The molecule has 2 heterocycles. The maximum absolute atomic E-state index is 12.5. The van der Waals surface area contributed by atoms with Gasteiger partial charge in [0.15, 0.2) is 0 Å². The van der Waals surface area contributed by atoms with Gasteiger partial charge in [0.1, 0.15) is 5.57 Å². The molecular weight excluding hydrogens is 398 g/mol. The van der Waals surface area contributed by atoms with Crippen molar-refractivity contribution in [1.82, 2.24) is 14.8 Å². The lowest BCUT2D eigenvalue weighted by Crippen LogP contribution is -2.53. The number of carbonyl (C=O) groups is 4. The monoisotopic (exact) mass is 415 g/mol. The first-order valence-electron chi connectivity index (χ1n) is 8.76. The lowest BCUT2D eigenvalue weighted by molar-refractivity contribution is -0.129. The number of carboxylic acids is 1. The van der Waals surface area contributed by atoms with Crippen LogP contribution in [-0.4, -0.2) is 44.9 Å². The summed E-state index contributed by atoms with van der Waals surface area (Å²) < 4.78 is 1.79. The summed E-state index contributed by atoms with van der Waals surface area (Å²) in [5.41, 5.74) is 2.45. The summed E-state index contributed by atoms with van der Waals surface area (Å²) in [7, 11) is 0. The molecule has 0 spiro atoms. The van der Waals surface area contributed by atoms with Gasteiger partial charge >= 0.3 is 12.0 Å². The number of benzene rings is 1. The van der Waals surface area contributed by atoms with Crippen LogP contribution >= 0.6 is 11.6 Å². The van der Waals surface area contributed by atoms with Gasteiger partial charge in [-0.1, -0.05) is 11.6 Å². The van der Waals surface area contributed by atoms with Gasteiger partial charge in [0.05, 0.1) is 10.6 Å². The largest absolute Gasteiger partial charge is 0.478 e. The molecule has 2 N–H and O–H groups in total. The van der Waals surface area contributed by atoms with Crippen molar-refractivity contribution in [3.05, 3.63) is 57.4 Å². The molecular formula is C20H18ClN3O5. The Bertz CT molecular complexity index is 1100. The minimum atomic E-state index is -1.14. The highest BCUT2D eigenvalue weighted by Crippen LogP contribution is 2.27. The van der Waals surface area contributed by atoms with Crippen molar-refractivity contribution in [3.8, 4) is 5.69 Å². The summed E-state index contributed by atoms with van der Waals surface area (Å²) in [6.07, 6.45) is 1.43. The number of barbiturate groups is 1. The minimum Gasteiger partial charge on any atom is -0.478 e. The van der Waals surface area contributed by atoms with E-state index >= 15 is 0 Å². The Labute approximate surface area is 171 Å². The molecule has 0 radical (unpaired) electrons. The third-order valence-electron chi connectivity index (χ3n) is 4.71. The standard InChI is InChI=1S/C20H18ClN3O5/c1-4-23-18(26)15(17(25)22-20(23)29)8-12-7-10(2)24(11(12)3)13-5-6-16(21)14(9-13)19(27)28/h5-9H,4H2,1-3H3,(H,27,28)(H,22,25,29). The summed E-state index contributed by atoms with van der Waals surface area (Å²) in [6.45, 7) is 5.37. The van der Waals surface area contributed by atoms with Crippen molar-refractivity contribution in [1.29, 1.82) is 0 Å². The average molecular weight is 416 g/mol. The molecule has 0 atom stereocenters. The van der Waals surface area contributed by atoms with E-state index in [-0.39, 0.29) is 22.7 Å². The quantitative estimate of drug-likeness (QED) is 0.589. The molecule has 2 aromatic rings. The van der Waals surface area contributed by atoms with Gasteiger partial charge in [0.25, 0.3) is 11.8 Å². The van der Waals surface area contributed by atoms with Crippen LogP contribution in [0.4, 0.5) is 4.79 Å². The summed E-state index contributed by atoms with van der Waals surface area (Å²) in [6, 6.07) is 5.66. The Morgan fingerprint density at radius 3 is 2.52 bits per heavy atom. The molecule has 1 fully saturated rings. The second-order valence-corrected chi connectivity index (χ2v) is 6.91. The number of hydrogen-bond donors (Lipinski definition) is 2. The van der Waals surface area contributed by atoms with Crippen molar-refractivity contribution in [2.24, 2.45) is 0 Å². The van der Waals surface area contributed by atoms with Gasteiger partial charge < -0.3 is 9.67 Å². The molecule has 1 aromatic carbocycles. The van der Waals surface area contributed by atoms with Gasteiger partial charge in [-0.3, -0.25) is 19.8 Å². The number of aromatic carboxylic acids is 1. The van der Waals surface area contributed by atoms with Crippen molar-refractivity contribution in [2.45, 2.75) is 20.8 Å². The predicted molar refractivity (Wildman–Crippen MR) is 106 cm³/mol.